The summed E-state index contributed by atoms with van der Waals surface area (Å²) in [7, 11) is 0. The maximum atomic E-state index is 10.0. The monoisotopic (exact) mass is 274 g/mol. The molecule has 0 amide bonds. The summed E-state index contributed by atoms with van der Waals surface area (Å²) in [6, 6.07) is 3.35. The van der Waals surface area contributed by atoms with Gasteiger partial charge in [-0.15, -0.1) is 0 Å². The fraction of sp³-hybridized carbons (Fsp3) is 0.571. The molecule has 0 atom stereocenters. The SMILES string of the molecule is CC(C)(C)c1cc(O)c(C(C)(C)C)cc1O.[Cr]. The average Bonchev–Trinajstić information content (AvgIpc) is 2.04. The molecule has 17 heavy (non-hydrogen) atoms. The van der Waals surface area contributed by atoms with Gasteiger partial charge < -0.3 is 10.2 Å². The van der Waals surface area contributed by atoms with E-state index >= 15 is 0 Å². The number of benzene rings is 1. The molecule has 0 aliphatic heterocycles. The van der Waals surface area contributed by atoms with E-state index in [0.29, 0.717) is 0 Å². The smallest absolute Gasteiger partial charge is 0.119 e. The molecule has 1 aromatic carbocycles. The Morgan fingerprint density at radius 1 is 0.706 bits per heavy atom. The molecule has 2 N–H and O–H groups in total. The zero-order chi connectivity index (χ0) is 12.7. The molecular formula is C14H22CrO2. The van der Waals surface area contributed by atoms with Crippen LogP contribution >= 0.6 is 0 Å². The summed E-state index contributed by atoms with van der Waals surface area (Å²) in [4.78, 5) is 0. The Morgan fingerprint density at radius 3 is 1.12 bits per heavy atom. The Morgan fingerprint density at radius 2 is 0.941 bits per heavy atom. The van der Waals surface area contributed by atoms with Crippen LogP contribution in [0.3, 0.4) is 0 Å². The molecule has 0 radical (unpaired) electrons. The molecule has 0 saturated heterocycles. The van der Waals surface area contributed by atoms with Crippen molar-refractivity contribution in [3.63, 3.8) is 0 Å². The van der Waals surface area contributed by atoms with Gasteiger partial charge in [0, 0.05) is 28.5 Å². The van der Waals surface area contributed by atoms with Gasteiger partial charge in [-0.2, -0.15) is 0 Å². The third kappa shape index (κ3) is 3.66. The zero-order valence-corrected chi connectivity index (χ0v) is 12.7. The van der Waals surface area contributed by atoms with Crippen LogP contribution in [0.1, 0.15) is 52.7 Å². The number of phenolic OH excluding ortho intramolecular Hbond substituents is 2. The average molecular weight is 274 g/mol. The minimum absolute atomic E-state index is 0. The van der Waals surface area contributed by atoms with E-state index in [4.69, 9.17) is 0 Å². The molecule has 0 bridgehead atoms. The van der Waals surface area contributed by atoms with Gasteiger partial charge in [0.2, 0.25) is 0 Å². The van der Waals surface area contributed by atoms with E-state index in [1.54, 1.807) is 12.1 Å². The second-order valence-corrected chi connectivity index (χ2v) is 6.39. The summed E-state index contributed by atoms with van der Waals surface area (Å²) in [5, 5.41) is 20.0. The van der Waals surface area contributed by atoms with Gasteiger partial charge in [-0.3, -0.25) is 0 Å². The molecule has 96 valence electrons. The Balaban J connectivity index is 0.00000256. The molecule has 0 saturated carbocycles. The molecule has 0 aromatic heterocycles. The summed E-state index contributed by atoms with van der Waals surface area (Å²) in [6.07, 6.45) is 0. The minimum Gasteiger partial charge on any atom is -0.508 e. The summed E-state index contributed by atoms with van der Waals surface area (Å²) < 4.78 is 0. The summed E-state index contributed by atoms with van der Waals surface area (Å²) in [5.41, 5.74) is 1.21. The van der Waals surface area contributed by atoms with E-state index in [9.17, 15) is 10.2 Å². The Hall–Kier alpha value is -0.648. The van der Waals surface area contributed by atoms with Crippen LogP contribution in [0.15, 0.2) is 12.1 Å². The molecule has 0 spiro atoms. The number of phenols is 2. The first-order chi connectivity index (χ1) is 7.03. The Labute approximate surface area is 115 Å². The first-order valence-corrected chi connectivity index (χ1v) is 5.60. The van der Waals surface area contributed by atoms with Crippen molar-refractivity contribution in [2.45, 2.75) is 52.4 Å². The van der Waals surface area contributed by atoms with Crippen LogP contribution in [0.5, 0.6) is 11.5 Å². The van der Waals surface area contributed by atoms with Crippen LogP contribution < -0.4 is 0 Å². The van der Waals surface area contributed by atoms with Crippen molar-refractivity contribution in [2.24, 2.45) is 0 Å². The maximum Gasteiger partial charge on any atom is 0.119 e. The van der Waals surface area contributed by atoms with Gasteiger partial charge in [0.05, 0.1) is 0 Å². The van der Waals surface area contributed by atoms with Crippen LogP contribution in [-0.2, 0) is 28.2 Å². The van der Waals surface area contributed by atoms with Gasteiger partial charge in [0.25, 0.3) is 0 Å². The van der Waals surface area contributed by atoms with Crippen LogP contribution in [-0.4, -0.2) is 10.2 Å². The van der Waals surface area contributed by atoms with Crippen LogP contribution in [0.25, 0.3) is 0 Å². The van der Waals surface area contributed by atoms with Crippen molar-refractivity contribution in [3.8, 4) is 11.5 Å². The first-order valence-electron chi connectivity index (χ1n) is 5.60. The third-order valence-corrected chi connectivity index (χ3v) is 2.73. The molecule has 0 heterocycles. The van der Waals surface area contributed by atoms with Gasteiger partial charge in [0.1, 0.15) is 11.5 Å². The standard InChI is InChI=1S/C14H22O2.Cr/c1-13(2,3)9-7-12(16)10(8-11(9)15)14(4,5)6;/h7-8,15-16H,1-6H3;. The summed E-state index contributed by atoms with van der Waals surface area (Å²) in [5.74, 6) is 0.519. The van der Waals surface area contributed by atoms with Gasteiger partial charge in [0.15, 0.2) is 0 Å². The predicted octanol–water partition coefficient (Wildman–Crippen LogP) is 3.69. The molecular weight excluding hydrogens is 252 g/mol. The topological polar surface area (TPSA) is 40.5 Å². The molecule has 2 nitrogen and oxygen atoms in total. The van der Waals surface area contributed by atoms with Crippen molar-refractivity contribution in [1.29, 1.82) is 0 Å². The fourth-order valence-electron chi connectivity index (χ4n) is 1.78. The maximum absolute atomic E-state index is 10.0. The van der Waals surface area contributed by atoms with Crippen molar-refractivity contribution in [2.75, 3.05) is 0 Å². The van der Waals surface area contributed by atoms with E-state index in [1.807, 2.05) is 41.5 Å². The second kappa shape index (κ2) is 4.92. The molecule has 1 aromatic rings. The fourth-order valence-corrected chi connectivity index (χ4v) is 1.78. The second-order valence-electron chi connectivity index (χ2n) is 6.39. The molecule has 0 aliphatic carbocycles. The van der Waals surface area contributed by atoms with Crippen molar-refractivity contribution in [3.05, 3.63) is 23.3 Å². The van der Waals surface area contributed by atoms with Gasteiger partial charge in [-0.25, -0.2) is 0 Å². The number of hydrogen-bond donors (Lipinski definition) is 2. The van der Waals surface area contributed by atoms with E-state index < -0.39 is 0 Å². The van der Waals surface area contributed by atoms with Crippen LogP contribution in [0.2, 0.25) is 0 Å². The number of aromatic hydroxyl groups is 2. The minimum atomic E-state index is -0.169. The van der Waals surface area contributed by atoms with Gasteiger partial charge in [-0.05, 0) is 23.0 Å². The van der Waals surface area contributed by atoms with Crippen LogP contribution in [0, 0.1) is 0 Å². The van der Waals surface area contributed by atoms with Crippen molar-refractivity contribution >= 4 is 0 Å². The third-order valence-electron chi connectivity index (χ3n) is 2.73. The first kappa shape index (κ1) is 16.4. The molecule has 3 heteroatoms. The Bertz CT molecular complexity index is 358. The Kier molecular flexibility index (Phi) is 4.73. The summed E-state index contributed by atoms with van der Waals surface area (Å²) in [6.45, 7) is 12.1. The van der Waals surface area contributed by atoms with Crippen molar-refractivity contribution in [1.82, 2.24) is 0 Å². The van der Waals surface area contributed by atoms with E-state index in [0.717, 1.165) is 11.1 Å². The predicted molar refractivity (Wildman–Crippen MR) is 67.2 cm³/mol. The van der Waals surface area contributed by atoms with Crippen molar-refractivity contribution < 1.29 is 27.6 Å². The molecule has 0 aliphatic rings. The number of rotatable bonds is 0. The largest absolute Gasteiger partial charge is 0.508 e. The summed E-state index contributed by atoms with van der Waals surface area (Å²) >= 11 is 0. The van der Waals surface area contributed by atoms with Gasteiger partial charge >= 0.3 is 0 Å². The zero-order valence-electron chi connectivity index (χ0n) is 11.5. The number of hydrogen-bond acceptors (Lipinski definition) is 2. The van der Waals surface area contributed by atoms with E-state index in [-0.39, 0.29) is 39.7 Å². The van der Waals surface area contributed by atoms with E-state index in [1.165, 1.54) is 0 Å². The normalized spacial score (nSPS) is 12.1. The quantitative estimate of drug-likeness (QED) is 0.708. The molecule has 0 unspecified atom stereocenters. The molecule has 0 fully saturated rings. The van der Waals surface area contributed by atoms with E-state index in [2.05, 4.69) is 0 Å². The molecule has 1 rings (SSSR count). The van der Waals surface area contributed by atoms with Gasteiger partial charge in [-0.1, -0.05) is 41.5 Å². The van der Waals surface area contributed by atoms with Crippen LogP contribution in [0.4, 0.5) is 0 Å².